The maximum absolute atomic E-state index is 13.2. The molecule has 1 aromatic rings. The summed E-state index contributed by atoms with van der Waals surface area (Å²) in [7, 11) is -5.03. The highest BCUT2D eigenvalue weighted by Crippen LogP contribution is 2.11. The second kappa shape index (κ2) is 6.36. The van der Waals surface area contributed by atoms with Crippen LogP contribution in [0, 0.1) is 5.82 Å². The minimum absolute atomic E-state index is 0.0540. The van der Waals surface area contributed by atoms with E-state index in [9.17, 15) is 12.8 Å². The molecule has 0 fully saturated rings. The number of rotatable bonds is 6. The van der Waals surface area contributed by atoms with E-state index in [2.05, 4.69) is 0 Å². The highest BCUT2D eigenvalue weighted by atomic mass is 32.2. The molecule has 2 N–H and O–H groups in total. The lowest BCUT2D eigenvalue weighted by Crippen LogP contribution is -2.30. The van der Waals surface area contributed by atoms with Crippen molar-refractivity contribution in [2.75, 3.05) is 12.4 Å². The van der Waals surface area contributed by atoms with Gasteiger partial charge in [0.1, 0.15) is 18.2 Å². The topological polar surface area (TPSA) is 83.8 Å². The summed E-state index contributed by atoms with van der Waals surface area (Å²) in [6.07, 6.45) is 0. The van der Waals surface area contributed by atoms with Gasteiger partial charge in [0, 0.05) is 6.07 Å². The first-order valence-electron chi connectivity index (χ1n) is 5.73. The summed E-state index contributed by atoms with van der Waals surface area (Å²) >= 11 is 0. The zero-order chi connectivity index (χ0) is 14.6. The molecule has 0 saturated carbocycles. The Morgan fingerprint density at radius 3 is 2.47 bits per heavy atom. The first-order chi connectivity index (χ1) is 8.72. The second-order valence-corrected chi connectivity index (χ2v) is 7.03. The van der Waals surface area contributed by atoms with Gasteiger partial charge in [-0.25, -0.2) is 12.8 Å². The number of hydrogen-bond donors (Lipinski definition) is 2. The van der Waals surface area contributed by atoms with E-state index in [1.54, 1.807) is 13.8 Å². The number of halogens is 1. The molecule has 106 valence electrons. The van der Waals surface area contributed by atoms with Crippen molar-refractivity contribution in [3.8, 4) is 5.75 Å². The monoisotopic (exact) mass is 290 g/mol. The van der Waals surface area contributed by atoms with Crippen molar-refractivity contribution in [1.82, 2.24) is 0 Å². The standard InChI is InChI=1S/C11H16BFO5S/c1-8(2)19(16,17)4-3-18-11-6-9(12(14)15)5-10(13)7-11/h5-8,14-15H,3-4H2,1-2H3. The van der Waals surface area contributed by atoms with Crippen LogP contribution in [0.25, 0.3) is 0 Å². The Morgan fingerprint density at radius 2 is 1.95 bits per heavy atom. The van der Waals surface area contributed by atoms with E-state index in [4.69, 9.17) is 14.8 Å². The summed E-state index contributed by atoms with van der Waals surface area (Å²) in [5.41, 5.74) is -0.0540. The molecule has 8 heteroatoms. The van der Waals surface area contributed by atoms with Crippen LogP contribution in [0.4, 0.5) is 4.39 Å². The number of hydrogen-bond acceptors (Lipinski definition) is 5. The van der Waals surface area contributed by atoms with Gasteiger partial charge in [-0.2, -0.15) is 0 Å². The minimum atomic E-state index is -3.22. The van der Waals surface area contributed by atoms with Crippen LogP contribution in [0.1, 0.15) is 13.8 Å². The molecular weight excluding hydrogens is 274 g/mol. The fourth-order valence-electron chi connectivity index (χ4n) is 1.33. The van der Waals surface area contributed by atoms with Crippen LogP contribution >= 0.6 is 0 Å². The molecule has 0 aliphatic rings. The maximum atomic E-state index is 13.2. The zero-order valence-corrected chi connectivity index (χ0v) is 11.5. The van der Waals surface area contributed by atoms with Crippen molar-refractivity contribution < 1.29 is 27.6 Å². The Hall–Kier alpha value is -1.12. The van der Waals surface area contributed by atoms with Crippen LogP contribution in [-0.4, -0.2) is 43.2 Å². The SMILES string of the molecule is CC(C)S(=O)(=O)CCOc1cc(F)cc(B(O)O)c1. The van der Waals surface area contributed by atoms with E-state index in [1.165, 1.54) is 6.07 Å². The predicted molar refractivity (Wildman–Crippen MR) is 70.6 cm³/mol. The third-order valence-electron chi connectivity index (χ3n) is 2.55. The molecule has 19 heavy (non-hydrogen) atoms. The van der Waals surface area contributed by atoms with Gasteiger partial charge in [0.25, 0.3) is 0 Å². The summed E-state index contributed by atoms with van der Waals surface area (Å²) in [4.78, 5) is 0. The molecule has 0 bridgehead atoms. The molecule has 0 amide bonds. The van der Waals surface area contributed by atoms with Crippen molar-refractivity contribution in [3.63, 3.8) is 0 Å². The van der Waals surface area contributed by atoms with Gasteiger partial charge in [-0.3, -0.25) is 0 Å². The van der Waals surface area contributed by atoms with E-state index >= 15 is 0 Å². The van der Waals surface area contributed by atoms with Crippen molar-refractivity contribution in [2.45, 2.75) is 19.1 Å². The molecule has 1 rings (SSSR count). The van der Waals surface area contributed by atoms with Crippen molar-refractivity contribution >= 4 is 22.4 Å². The van der Waals surface area contributed by atoms with Gasteiger partial charge < -0.3 is 14.8 Å². The average Bonchev–Trinajstić information content (AvgIpc) is 2.27. The van der Waals surface area contributed by atoms with Gasteiger partial charge in [-0.1, -0.05) is 0 Å². The smallest absolute Gasteiger partial charge is 0.488 e. The fourth-order valence-corrected chi connectivity index (χ4v) is 2.12. The first-order valence-corrected chi connectivity index (χ1v) is 7.45. The summed E-state index contributed by atoms with van der Waals surface area (Å²) in [5, 5.41) is 17.4. The van der Waals surface area contributed by atoms with Crippen LogP contribution in [0.5, 0.6) is 5.75 Å². The van der Waals surface area contributed by atoms with E-state index in [0.717, 1.165) is 12.1 Å². The number of ether oxygens (including phenoxy) is 1. The van der Waals surface area contributed by atoms with Gasteiger partial charge >= 0.3 is 7.12 Å². The molecule has 0 aliphatic carbocycles. The van der Waals surface area contributed by atoms with Gasteiger partial charge in [-0.15, -0.1) is 0 Å². The summed E-state index contributed by atoms with van der Waals surface area (Å²) < 4.78 is 41.3. The Morgan fingerprint density at radius 1 is 1.32 bits per heavy atom. The predicted octanol–water partition coefficient (Wildman–Crippen LogP) is -0.293. The van der Waals surface area contributed by atoms with Gasteiger partial charge in [0.2, 0.25) is 0 Å². The summed E-state index contributed by atoms with van der Waals surface area (Å²) in [6, 6.07) is 3.26. The minimum Gasteiger partial charge on any atom is -0.492 e. The fraction of sp³-hybridized carbons (Fsp3) is 0.455. The largest absolute Gasteiger partial charge is 0.492 e. The molecule has 0 aromatic heterocycles. The van der Waals surface area contributed by atoms with Gasteiger partial charge in [0.15, 0.2) is 9.84 Å². The van der Waals surface area contributed by atoms with Crippen molar-refractivity contribution in [1.29, 1.82) is 0 Å². The van der Waals surface area contributed by atoms with Crippen molar-refractivity contribution in [2.24, 2.45) is 0 Å². The van der Waals surface area contributed by atoms with E-state index in [0.29, 0.717) is 0 Å². The lowest BCUT2D eigenvalue weighted by Gasteiger charge is -2.10. The Labute approximate surface area is 112 Å². The molecule has 0 aliphatic heterocycles. The highest BCUT2D eigenvalue weighted by Gasteiger charge is 2.17. The molecular formula is C11H16BFO5S. The Kier molecular flexibility index (Phi) is 5.33. The van der Waals surface area contributed by atoms with Gasteiger partial charge in [0.05, 0.1) is 11.0 Å². The van der Waals surface area contributed by atoms with Crippen LogP contribution in [0.3, 0.4) is 0 Å². The molecule has 0 unspecified atom stereocenters. The quantitative estimate of drug-likeness (QED) is 0.703. The first kappa shape index (κ1) is 15.9. The molecule has 5 nitrogen and oxygen atoms in total. The highest BCUT2D eigenvalue weighted by molar-refractivity contribution is 7.91. The van der Waals surface area contributed by atoms with Crippen LogP contribution in [-0.2, 0) is 9.84 Å². The Balaban J connectivity index is 2.69. The van der Waals surface area contributed by atoms with E-state index in [-0.39, 0.29) is 23.6 Å². The number of sulfone groups is 1. The summed E-state index contributed by atoms with van der Waals surface area (Å²) in [5.74, 6) is -0.813. The molecule has 0 heterocycles. The second-order valence-electron chi connectivity index (χ2n) is 4.36. The van der Waals surface area contributed by atoms with Crippen LogP contribution in [0.15, 0.2) is 18.2 Å². The zero-order valence-electron chi connectivity index (χ0n) is 10.7. The molecule has 0 spiro atoms. The normalized spacial score (nSPS) is 11.7. The van der Waals surface area contributed by atoms with Crippen molar-refractivity contribution in [3.05, 3.63) is 24.0 Å². The lowest BCUT2D eigenvalue weighted by atomic mass is 9.80. The lowest BCUT2D eigenvalue weighted by molar-refractivity contribution is 0.338. The van der Waals surface area contributed by atoms with Gasteiger partial charge in [-0.05, 0) is 31.4 Å². The third kappa shape index (κ3) is 4.81. The third-order valence-corrected chi connectivity index (χ3v) is 4.72. The maximum Gasteiger partial charge on any atom is 0.488 e. The average molecular weight is 290 g/mol. The van der Waals surface area contributed by atoms with Crippen LogP contribution in [0.2, 0.25) is 0 Å². The molecule has 0 atom stereocenters. The molecule has 0 saturated heterocycles. The van der Waals surface area contributed by atoms with E-state index in [1.807, 2.05) is 0 Å². The Bertz CT molecular complexity index is 530. The summed E-state index contributed by atoms with van der Waals surface area (Å²) in [6.45, 7) is 3.01. The molecule has 1 aromatic carbocycles. The van der Waals surface area contributed by atoms with Crippen LogP contribution < -0.4 is 10.2 Å². The molecule has 0 radical (unpaired) electrons. The van der Waals surface area contributed by atoms with E-state index < -0.39 is 28.0 Å². The number of benzene rings is 1.